The van der Waals surface area contributed by atoms with Crippen LogP contribution in [0.2, 0.25) is 0 Å². The van der Waals surface area contributed by atoms with E-state index in [2.05, 4.69) is 0 Å². The van der Waals surface area contributed by atoms with Crippen molar-refractivity contribution in [3.63, 3.8) is 0 Å². The number of carbonyl (C=O) groups excluding carboxylic acids is 3. The predicted molar refractivity (Wildman–Crippen MR) is 105 cm³/mol. The third kappa shape index (κ3) is 4.35. The Morgan fingerprint density at radius 1 is 1.30 bits per heavy atom. The first-order valence-electron chi connectivity index (χ1n) is 9.28. The highest BCUT2D eigenvalue weighted by Crippen LogP contribution is 2.34. The van der Waals surface area contributed by atoms with Crippen LogP contribution >= 0.6 is 11.8 Å². The molecule has 27 heavy (non-hydrogen) atoms. The van der Waals surface area contributed by atoms with Crippen LogP contribution in [0.25, 0.3) is 6.08 Å². The molecular weight excluding hydrogens is 364 g/mol. The van der Waals surface area contributed by atoms with Crippen LogP contribution in [0.15, 0.2) is 29.2 Å². The van der Waals surface area contributed by atoms with Crippen molar-refractivity contribution in [2.24, 2.45) is 0 Å². The molecule has 1 aromatic rings. The SMILES string of the molecule is CCOc1ccccc1/C=C1\SC(=O)N(CC(=O)N2CCCC[C@H]2C)C1=O. The Morgan fingerprint density at radius 2 is 2.07 bits per heavy atom. The molecule has 2 fully saturated rings. The zero-order valence-electron chi connectivity index (χ0n) is 15.6. The van der Waals surface area contributed by atoms with Gasteiger partial charge in [0.2, 0.25) is 5.91 Å². The molecule has 0 saturated carbocycles. The molecule has 3 rings (SSSR count). The second kappa shape index (κ2) is 8.61. The molecule has 0 aliphatic carbocycles. The lowest BCUT2D eigenvalue weighted by atomic mass is 10.0. The summed E-state index contributed by atoms with van der Waals surface area (Å²) in [7, 11) is 0. The largest absolute Gasteiger partial charge is 0.493 e. The minimum atomic E-state index is -0.422. The molecule has 7 heteroatoms. The van der Waals surface area contributed by atoms with Gasteiger partial charge in [0.1, 0.15) is 12.3 Å². The molecule has 0 aromatic heterocycles. The average molecular weight is 388 g/mol. The number of benzene rings is 1. The average Bonchev–Trinajstić information content (AvgIpc) is 2.91. The minimum absolute atomic E-state index is 0.153. The van der Waals surface area contributed by atoms with Crippen LogP contribution in [-0.2, 0) is 9.59 Å². The number of hydrogen-bond donors (Lipinski definition) is 0. The Bertz CT molecular complexity index is 777. The topological polar surface area (TPSA) is 66.9 Å². The smallest absolute Gasteiger partial charge is 0.294 e. The Hall–Kier alpha value is -2.28. The Balaban J connectivity index is 1.74. The molecule has 1 atom stereocenters. The summed E-state index contributed by atoms with van der Waals surface area (Å²) in [5.41, 5.74) is 0.737. The molecule has 2 saturated heterocycles. The van der Waals surface area contributed by atoms with E-state index in [0.29, 0.717) is 23.8 Å². The molecule has 0 N–H and O–H groups in total. The molecule has 6 nitrogen and oxygen atoms in total. The number of imide groups is 1. The van der Waals surface area contributed by atoms with Crippen LogP contribution < -0.4 is 4.74 Å². The van der Waals surface area contributed by atoms with E-state index in [1.165, 1.54) is 0 Å². The molecule has 0 spiro atoms. The Kier molecular flexibility index (Phi) is 6.21. The summed E-state index contributed by atoms with van der Waals surface area (Å²) in [6, 6.07) is 7.51. The monoisotopic (exact) mass is 388 g/mol. The number of ether oxygens (including phenoxy) is 1. The van der Waals surface area contributed by atoms with Gasteiger partial charge >= 0.3 is 0 Å². The van der Waals surface area contributed by atoms with Crippen molar-refractivity contribution in [3.8, 4) is 5.75 Å². The van der Waals surface area contributed by atoms with Gasteiger partial charge < -0.3 is 9.64 Å². The van der Waals surface area contributed by atoms with Gasteiger partial charge in [0, 0.05) is 18.2 Å². The lowest BCUT2D eigenvalue weighted by Gasteiger charge is -2.34. The lowest BCUT2D eigenvalue weighted by Crippen LogP contribution is -2.47. The molecule has 0 unspecified atom stereocenters. The van der Waals surface area contributed by atoms with E-state index in [1.807, 2.05) is 38.1 Å². The number of hydrogen-bond acceptors (Lipinski definition) is 5. The first kappa shape index (κ1) is 19.5. The molecular formula is C20H24N2O4S. The minimum Gasteiger partial charge on any atom is -0.493 e. The number of likely N-dealkylation sites (tertiary alicyclic amines) is 1. The van der Waals surface area contributed by atoms with Crippen LogP contribution in [-0.4, -0.2) is 52.6 Å². The van der Waals surface area contributed by atoms with Crippen molar-refractivity contribution < 1.29 is 19.1 Å². The number of carbonyl (C=O) groups is 3. The fourth-order valence-electron chi connectivity index (χ4n) is 3.36. The molecule has 1 aromatic carbocycles. The van der Waals surface area contributed by atoms with Crippen molar-refractivity contribution in [3.05, 3.63) is 34.7 Å². The highest BCUT2D eigenvalue weighted by atomic mass is 32.2. The zero-order chi connectivity index (χ0) is 19.4. The fraction of sp³-hybridized carbons (Fsp3) is 0.450. The van der Waals surface area contributed by atoms with Crippen molar-refractivity contribution in [2.75, 3.05) is 19.7 Å². The van der Waals surface area contributed by atoms with Gasteiger partial charge in [0.05, 0.1) is 11.5 Å². The Labute approximate surface area is 163 Å². The first-order valence-corrected chi connectivity index (χ1v) is 10.1. The summed E-state index contributed by atoms with van der Waals surface area (Å²) in [4.78, 5) is 40.7. The molecule has 2 aliphatic rings. The molecule has 144 valence electrons. The van der Waals surface area contributed by atoms with E-state index in [9.17, 15) is 14.4 Å². The summed E-state index contributed by atoms with van der Waals surface area (Å²) in [5, 5.41) is -0.404. The zero-order valence-corrected chi connectivity index (χ0v) is 16.5. The van der Waals surface area contributed by atoms with E-state index in [-0.39, 0.29) is 18.5 Å². The standard InChI is InChI=1S/C20H24N2O4S/c1-3-26-16-10-5-4-9-15(16)12-17-19(24)22(20(25)27-17)13-18(23)21-11-7-6-8-14(21)2/h4-5,9-10,12,14H,3,6-8,11,13H2,1-2H3/b17-12-/t14-/m1/s1. The predicted octanol–water partition coefficient (Wildman–Crippen LogP) is 3.52. The van der Waals surface area contributed by atoms with Crippen molar-refractivity contribution in [1.82, 2.24) is 9.80 Å². The summed E-state index contributed by atoms with van der Waals surface area (Å²) in [6.07, 6.45) is 4.69. The summed E-state index contributed by atoms with van der Waals surface area (Å²) >= 11 is 0.865. The van der Waals surface area contributed by atoms with Gasteiger partial charge in [-0.05, 0) is 57.0 Å². The van der Waals surface area contributed by atoms with E-state index in [1.54, 1.807) is 11.0 Å². The van der Waals surface area contributed by atoms with Gasteiger partial charge in [-0.2, -0.15) is 0 Å². The number of piperidine rings is 1. The maximum absolute atomic E-state index is 12.7. The molecule has 3 amide bonds. The van der Waals surface area contributed by atoms with Crippen LogP contribution in [0, 0.1) is 0 Å². The van der Waals surface area contributed by atoms with Crippen molar-refractivity contribution in [1.29, 1.82) is 0 Å². The van der Waals surface area contributed by atoms with Crippen LogP contribution in [0.4, 0.5) is 4.79 Å². The molecule has 0 radical (unpaired) electrons. The highest BCUT2D eigenvalue weighted by Gasteiger charge is 2.38. The van der Waals surface area contributed by atoms with Gasteiger partial charge in [0.15, 0.2) is 0 Å². The second-order valence-corrected chi connectivity index (χ2v) is 7.66. The van der Waals surface area contributed by atoms with Crippen LogP contribution in [0.3, 0.4) is 0 Å². The van der Waals surface area contributed by atoms with Gasteiger partial charge in [-0.15, -0.1) is 0 Å². The number of amides is 3. The maximum atomic E-state index is 12.7. The number of para-hydroxylation sites is 1. The third-order valence-corrected chi connectivity index (χ3v) is 5.70. The van der Waals surface area contributed by atoms with E-state index < -0.39 is 11.1 Å². The first-order chi connectivity index (χ1) is 13.0. The van der Waals surface area contributed by atoms with Gasteiger partial charge in [-0.3, -0.25) is 19.3 Å². The van der Waals surface area contributed by atoms with E-state index >= 15 is 0 Å². The molecule has 2 heterocycles. The van der Waals surface area contributed by atoms with E-state index in [0.717, 1.165) is 41.5 Å². The highest BCUT2D eigenvalue weighted by molar-refractivity contribution is 8.18. The van der Waals surface area contributed by atoms with Gasteiger partial charge in [0.25, 0.3) is 11.1 Å². The summed E-state index contributed by atoms with van der Waals surface area (Å²) in [5.74, 6) is 0.0693. The number of rotatable bonds is 5. The molecule has 2 aliphatic heterocycles. The van der Waals surface area contributed by atoms with Gasteiger partial charge in [-0.1, -0.05) is 18.2 Å². The maximum Gasteiger partial charge on any atom is 0.294 e. The number of thioether (sulfide) groups is 1. The second-order valence-electron chi connectivity index (χ2n) is 6.67. The lowest BCUT2D eigenvalue weighted by molar-refractivity contribution is -0.138. The molecule has 0 bridgehead atoms. The van der Waals surface area contributed by atoms with E-state index in [4.69, 9.17) is 4.74 Å². The normalized spacial score (nSPS) is 21.9. The van der Waals surface area contributed by atoms with Crippen molar-refractivity contribution >= 4 is 34.9 Å². The summed E-state index contributed by atoms with van der Waals surface area (Å²) in [6.45, 7) is 4.90. The van der Waals surface area contributed by atoms with Crippen LogP contribution in [0.5, 0.6) is 5.75 Å². The summed E-state index contributed by atoms with van der Waals surface area (Å²) < 4.78 is 5.57. The Morgan fingerprint density at radius 3 is 2.81 bits per heavy atom. The van der Waals surface area contributed by atoms with Crippen LogP contribution in [0.1, 0.15) is 38.7 Å². The number of nitrogens with zero attached hydrogens (tertiary/aromatic N) is 2. The fourth-order valence-corrected chi connectivity index (χ4v) is 4.19. The third-order valence-electron chi connectivity index (χ3n) is 4.80. The van der Waals surface area contributed by atoms with Crippen molar-refractivity contribution in [2.45, 2.75) is 39.2 Å². The van der Waals surface area contributed by atoms with Gasteiger partial charge in [-0.25, -0.2) is 0 Å². The quantitative estimate of drug-likeness (QED) is 0.722.